The van der Waals surface area contributed by atoms with Crippen LogP contribution in [0.3, 0.4) is 0 Å². The highest BCUT2D eigenvalue weighted by Gasteiger charge is 2.16. The van der Waals surface area contributed by atoms with Gasteiger partial charge in [0.1, 0.15) is 5.82 Å². The summed E-state index contributed by atoms with van der Waals surface area (Å²) in [6.45, 7) is 2.12. The van der Waals surface area contributed by atoms with Crippen molar-refractivity contribution in [2.45, 2.75) is 12.3 Å². The van der Waals surface area contributed by atoms with E-state index in [4.69, 9.17) is 4.74 Å². The van der Waals surface area contributed by atoms with E-state index < -0.39 is 0 Å². The summed E-state index contributed by atoms with van der Waals surface area (Å²) in [4.78, 5) is 0. The number of nitrogens with zero attached hydrogens (tertiary/aromatic N) is 2. The number of hydrogen-bond acceptors (Lipinski definition) is 3. The number of ether oxygens (including phenoxy) is 1. The van der Waals surface area contributed by atoms with E-state index in [9.17, 15) is 4.39 Å². The number of nitrogens with one attached hydrogen (secondary N) is 1. The molecule has 0 saturated carbocycles. The second-order valence-corrected chi connectivity index (χ2v) is 5.14. The number of rotatable bonds is 8. The molecule has 21 heavy (non-hydrogen) atoms. The standard InChI is InChI=1S/C16H22FN3O/c1-20-12-13(10-19-20)9-14(11-18-7-8-21-2)15-5-3-4-6-16(15)17/h3-6,10,12,14,18H,7-9,11H2,1-2H3. The quantitative estimate of drug-likeness (QED) is 0.757. The fourth-order valence-corrected chi connectivity index (χ4v) is 2.41. The van der Waals surface area contributed by atoms with Gasteiger partial charge in [0.2, 0.25) is 0 Å². The van der Waals surface area contributed by atoms with E-state index >= 15 is 0 Å². The van der Waals surface area contributed by atoms with Gasteiger partial charge >= 0.3 is 0 Å². The Morgan fingerprint density at radius 2 is 2.19 bits per heavy atom. The number of methoxy groups -OCH3 is 1. The molecule has 4 nitrogen and oxygen atoms in total. The largest absolute Gasteiger partial charge is 0.383 e. The summed E-state index contributed by atoms with van der Waals surface area (Å²) in [6, 6.07) is 6.97. The maximum Gasteiger partial charge on any atom is 0.126 e. The third-order valence-corrected chi connectivity index (χ3v) is 3.46. The van der Waals surface area contributed by atoms with Crippen LogP contribution in [0.5, 0.6) is 0 Å². The summed E-state index contributed by atoms with van der Waals surface area (Å²) in [7, 11) is 3.56. The molecule has 2 rings (SSSR count). The minimum Gasteiger partial charge on any atom is -0.383 e. The SMILES string of the molecule is COCCNCC(Cc1cnn(C)c1)c1ccccc1F. The normalized spacial score (nSPS) is 12.5. The van der Waals surface area contributed by atoms with Crippen molar-refractivity contribution in [2.75, 3.05) is 26.8 Å². The molecule has 0 saturated heterocycles. The molecule has 2 aromatic rings. The maximum absolute atomic E-state index is 14.0. The fourth-order valence-electron chi connectivity index (χ4n) is 2.41. The molecule has 1 aromatic heterocycles. The summed E-state index contributed by atoms with van der Waals surface area (Å²) >= 11 is 0. The molecule has 0 bridgehead atoms. The first-order chi connectivity index (χ1) is 10.2. The first-order valence-electron chi connectivity index (χ1n) is 7.12. The van der Waals surface area contributed by atoms with Gasteiger partial charge in [-0.3, -0.25) is 4.68 Å². The molecule has 0 aliphatic heterocycles. The number of benzene rings is 1. The zero-order valence-electron chi connectivity index (χ0n) is 12.6. The van der Waals surface area contributed by atoms with Crippen molar-refractivity contribution in [3.8, 4) is 0 Å². The molecule has 0 aliphatic rings. The number of hydrogen-bond donors (Lipinski definition) is 1. The predicted molar refractivity (Wildman–Crippen MR) is 80.8 cm³/mol. The lowest BCUT2D eigenvalue weighted by molar-refractivity contribution is 0.199. The minimum absolute atomic E-state index is 0.0762. The number of halogens is 1. The average molecular weight is 291 g/mol. The highest BCUT2D eigenvalue weighted by atomic mass is 19.1. The van der Waals surface area contributed by atoms with Crippen LogP contribution in [0.25, 0.3) is 0 Å². The Hall–Kier alpha value is -1.72. The summed E-state index contributed by atoms with van der Waals surface area (Å²) in [5, 5.41) is 7.50. The zero-order valence-corrected chi connectivity index (χ0v) is 12.6. The van der Waals surface area contributed by atoms with Crippen molar-refractivity contribution >= 4 is 0 Å². The van der Waals surface area contributed by atoms with Gasteiger partial charge in [-0.15, -0.1) is 0 Å². The van der Waals surface area contributed by atoms with Gasteiger partial charge < -0.3 is 10.1 Å². The van der Waals surface area contributed by atoms with Gasteiger partial charge in [0.25, 0.3) is 0 Å². The molecule has 1 unspecified atom stereocenters. The minimum atomic E-state index is -0.153. The van der Waals surface area contributed by atoms with Crippen molar-refractivity contribution < 1.29 is 9.13 Å². The van der Waals surface area contributed by atoms with Crippen LogP contribution >= 0.6 is 0 Å². The van der Waals surface area contributed by atoms with Crippen molar-refractivity contribution in [3.63, 3.8) is 0 Å². The molecule has 0 aliphatic carbocycles. The van der Waals surface area contributed by atoms with Gasteiger partial charge in [-0.1, -0.05) is 18.2 Å². The van der Waals surface area contributed by atoms with E-state index in [0.29, 0.717) is 13.2 Å². The lowest BCUT2D eigenvalue weighted by atomic mass is 9.92. The average Bonchev–Trinajstić information content (AvgIpc) is 2.88. The summed E-state index contributed by atoms with van der Waals surface area (Å²) in [5.41, 5.74) is 1.85. The van der Waals surface area contributed by atoms with Gasteiger partial charge in [-0.2, -0.15) is 5.10 Å². The predicted octanol–water partition coefficient (Wildman–Crippen LogP) is 2.12. The second-order valence-electron chi connectivity index (χ2n) is 5.14. The van der Waals surface area contributed by atoms with Crippen LogP contribution in [0.2, 0.25) is 0 Å². The molecule has 0 amide bonds. The van der Waals surface area contributed by atoms with Crippen LogP contribution in [0.4, 0.5) is 4.39 Å². The molecular formula is C16H22FN3O. The van der Waals surface area contributed by atoms with Crippen LogP contribution in [-0.4, -0.2) is 36.6 Å². The van der Waals surface area contributed by atoms with Crippen molar-refractivity contribution in [1.29, 1.82) is 0 Å². The molecule has 1 heterocycles. The van der Waals surface area contributed by atoms with Gasteiger partial charge in [-0.05, 0) is 23.6 Å². The molecular weight excluding hydrogens is 269 g/mol. The van der Waals surface area contributed by atoms with Gasteiger partial charge in [-0.25, -0.2) is 4.39 Å². The smallest absolute Gasteiger partial charge is 0.126 e. The van der Waals surface area contributed by atoms with E-state index in [1.54, 1.807) is 17.9 Å². The second kappa shape index (κ2) is 7.90. The molecule has 0 spiro atoms. The first-order valence-corrected chi connectivity index (χ1v) is 7.12. The molecule has 1 N–H and O–H groups in total. The van der Waals surface area contributed by atoms with E-state index in [1.807, 2.05) is 31.6 Å². The van der Waals surface area contributed by atoms with Crippen LogP contribution in [0.15, 0.2) is 36.7 Å². The third-order valence-electron chi connectivity index (χ3n) is 3.46. The molecule has 1 atom stereocenters. The Labute approximate surface area is 124 Å². The van der Waals surface area contributed by atoms with Crippen LogP contribution in [0, 0.1) is 5.82 Å². The Morgan fingerprint density at radius 1 is 1.38 bits per heavy atom. The highest BCUT2D eigenvalue weighted by molar-refractivity contribution is 5.24. The Balaban J connectivity index is 2.08. The van der Waals surface area contributed by atoms with E-state index in [0.717, 1.165) is 24.1 Å². The summed E-state index contributed by atoms with van der Waals surface area (Å²) in [5.74, 6) is -0.0767. The van der Waals surface area contributed by atoms with Crippen LogP contribution in [-0.2, 0) is 18.2 Å². The summed E-state index contributed by atoms with van der Waals surface area (Å²) < 4.78 is 20.8. The number of aromatic nitrogens is 2. The highest BCUT2D eigenvalue weighted by Crippen LogP contribution is 2.22. The van der Waals surface area contributed by atoms with Gasteiger partial charge in [0.05, 0.1) is 12.8 Å². The fraction of sp³-hybridized carbons (Fsp3) is 0.438. The Bertz CT molecular complexity index is 556. The molecule has 114 valence electrons. The Kier molecular flexibility index (Phi) is 5.90. The molecule has 1 aromatic carbocycles. The lowest BCUT2D eigenvalue weighted by Gasteiger charge is -2.18. The first kappa shape index (κ1) is 15.7. The molecule has 5 heteroatoms. The molecule has 0 radical (unpaired) electrons. The lowest BCUT2D eigenvalue weighted by Crippen LogP contribution is -2.26. The van der Waals surface area contributed by atoms with E-state index in [-0.39, 0.29) is 11.7 Å². The van der Waals surface area contributed by atoms with Crippen molar-refractivity contribution in [3.05, 3.63) is 53.6 Å². The van der Waals surface area contributed by atoms with Crippen LogP contribution in [0.1, 0.15) is 17.0 Å². The van der Waals surface area contributed by atoms with E-state index in [1.165, 1.54) is 6.07 Å². The monoisotopic (exact) mass is 291 g/mol. The molecule has 0 fully saturated rings. The van der Waals surface area contributed by atoms with Gasteiger partial charge in [0.15, 0.2) is 0 Å². The third kappa shape index (κ3) is 4.65. The van der Waals surface area contributed by atoms with Crippen molar-refractivity contribution in [1.82, 2.24) is 15.1 Å². The van der Waals surface area contributed by atoms with Crippen molar-refractivity contribution in [2.24, 2.45) is 7.05 Å². The van der Waals surface area contributed by atoms with Crippen LogP contribution < -0.4 is 5.32 Å². The summed E-state index contributed by atoms with van der Waals surface area (Å²) in [6.07, 6.45) is 4.57. The van der Waals surface area contributed by atoms with E-state index in [2.05, 4.69) is 10.4 Å². The topological polar surface area (TPSA) is 39.1 Å². The Morgan fingerprint density at radius 3 is 2.86 bits per heavy atom. The zero-order chi connectivity index (χ0) is 15.1. The maximum atomic E-state index is 14.0. The van der Waals surface area contributed by atoms with Gasteiger partial charge in [0, 0.05) is 39.4 Å². The number of aryl methyl sites for hydroxylation is 1.